The zero-order valence-corrected chi connectivity index (χ0v) is 22.7. The van der Waals surface area contributed by atoms with E-state index in [1.54, 1.807) is 24.3 Å². The Hall–Kier alpha value is -3.83. The first-order chi connectivity index (χ1) is 18.7. The molecule has 2 aliphatic rings. The van der Waals surface area contributed by atoms with Crippen LogP contribution < -0.4 is 4.74 Å². The van der Waals surface area contributed by atoms with Crippen molar-refractivity contribution in [1.82, 2.24) is 8.61 Å². The number of nitrogens with zero attached hydrogens (tertiary/aromatic N) is 4. The van der Waals surface area contributed by atoms with Crippen molar-refractivity contribution in [3.63, 3.8) is 0 Å². The molecule has 1 saturated heterocycles. The van der Waals surface area contributed by atoms with Gasteiger partial charge in [0.25, 0.3) is 15.7 Å². The first kappa shape index (κ1) is 26.8. The van der Waals surface area contributed by atoms with E-state index >= 15 is 0 Å². The molecule has 0 N–H and O–H groups in total. The quantitative estimate of drug-likeness (QED) is 0.225. The minimum absolute atomic E-state index is 0.0729. The van der Waals surface area contributed by atoms with Crippen LogP contribution in [0.5, 0.6) is 5.75 Å². The van der Waals surface area contributed by atoms with Crippen LogP contribution in [-0.2, 0) is 14.8 Å². The number of nitriles is 1. The molecule has 1 fully saturated rings. The molecule has 1 aromatic heterocycles. The van der Waals surface area contributed by atoms with Gasteiger partial charge in [-0.15, -0.1) is 3.71 Å². The lowest BCUT2D eigenvalue weighted by molar-refractivity contribution is -0.384. The van der Waals surface area contributed by atoms with Crippen LogP contribution >= 0.6 is 11.9 Å². The molecule has 39 heavy (non-hydrogen) atoms. The van der Waals surface area contributed by atoms with Crippen LogP contribution in [0, 0.1) is 28.4 Å². The van der Waals surface area contributed by atoms with Gasteiger partial charge in [-0.05, 0) is 55.3 Å². The Balaban J connectivity index is 1.62. The Bertz CT molecular complexity index is 1590. The van der Waals surface area contributed by atoms with E-state index in [1.807, 2.05) is 11.8 Å². The number of aryl methyl sites for hydroxylation is 1. The van der Waals surface area contributed by atoms with Crippen LogP contribution in [-0.4, -0.2) is 55.4 Å². The van der Waals surface area contributed by atoms with Gasteiger partial charge in [-0.1, -0.05) is 17.7 Å². The van der Waals surface area contributed by atoms with Crippen LogP contribution in [0.3, 0.4) is 0 Å². The van der Waals surface area contributed by atoms with E-state index in [4.69, 9.17) is 13.9 Å². The molecule has 1 unspecified atom stereocenters. The molecule has 5 rings (SSSR count). The second-order valence-corrected chi connectivity index (χ2v) is 11.8. The highest BCUT2D eigenvalue weighted by Gasteiger charge is 2.46. The first-order valence-corrected chi connectivity index (χ1v) is 14.1. The summed E-state index contributed by atoms with van der Waals surface area (Å²) in [6.07, 6.45) is 0. The Labute approximate surface area is 229 Å². The number of sulfonamides is 1. The Morgan fingerprint density at radius 3 is 2.49 bits per heavy atom. The smallest absolute Gasteiger partial charge is 0.284 e. The number of ether oxygens (including phenoxy) is 2. The number of hydrogen-bond donors (Lipinski definition) is 0. The van der Waals surface area contributed by atoms with Crippen molar-refractivity contribution in [3.8, 4) is 23.1 Å². The number of hydrogen-bond acceptors (Lipinski definition) is 10. The second-order valence-electron chi connectivity index (χ2n) is 8.84. The van der Waals surface area contributed by atoms with Crippen molar-refractivity contribution in [3.05, 3.63) is 86.6 Å². The molecule has 0 saturated carbocycles. The summed E-state index contributed by atoms with van der Waals surface area (Å²) in [6, 6.07) is 15.0. The van der Waals surface area contributed by atoms with Gasteiger partial charge in [-0.2, -0.15) is 5.26 Å². The predicted molar refractivity (Wildman–Crippen MR) is 143 cm³/mol. The zero-order chi connectivity index (χ0) is 27.7. The van der Waals surface area contributed by atoms with Crippen molar-refractivity contribution in [2.24, 2.45) is 0 Å². The summed E-state index contributed by atoms with van der Waals surface area (Å²) in [5, 5.41) is 22.5. The minimum atomic E-state index is -4.09. The highest BCUT2D eigenvalue weighted by Crippen LogP contribution is 2.51. The van der Waals surface area contributed by atoms with Crippen LogP contribution in [0.1, 0.15) is 17.4 Å². The van der Waals surface area contributed by atoms with Crippen molar-refractivity contribution in [1.29, 1.82) is 5.26 Å². The molecule has 0 bridgehead atoms. The van der Waals surface area contributed by atoms with Gasteiger partial charge in [-0.3, -0.25) is 10.1 Å². The number of methoxy groups -OCH3 is 1. The summed E-state index contributed by atoms with van der Waals surface area (Å²) in [6.45, 7) is 3.76. The van der Waals surface area contributed by atoms with Crippen molar-refractivity contribution in [2.45, 2.75) is 17.9 Å². The summed E-state index contributed by atoms with van der Waals surface area (Å²) >= 11 is 0.965. The summed E-state index contributed by atoms with van der Waals surface area (Å²) in [5.41, 5.74) is 1.08. The van der Waals surface area contributed by atoms with Gasteiger partial charge in [0.2, 0.25) is 0 Å². The molecule has 11 nitrogen and oxygen atoms in total. The van der Waals surface area contributed by atoms with Gasteiger partial charge >= 0.3 is 0 Å². The van der Waals surface area contributed by atoms with Crippen LogP contribution in [0.4, 0.5) is 5.69 Å². The third-order valence-electron chi connectivity index (χ3n) is 6.43. The van der Waals surface area contributed by atoms with Gasteiger partial charge < -0.3 is 18.8 Å². The van der Waals surface area contributed by atoms with E-state index in [-0.39, 0.29) is 33.2 Å². The molecule has 2 aromatic carbocycles. The molecular weight excluding hydrogens is 544 g/mol. The molecule has 202 valence electrons. The lowest BCUT2D eigenvalue weighted by Gasteiger charge is -2.29. The summed E-state index contributed by atoms with van der Waals surface area (Å²) in [5.74, 6) is 0.636. The summed E-state index contributed by atoms with van der Waals surface area (Å²) < 4.78 is 45.6. The van der Waals surface area contributed by atoms with E-state index in [0.717, 1.165) is 17.5 Å². The fraction of sp³-hybridized carbons (Fsp3) is 0.269. The molecule has 3 heterocycles. The molecule has 0 amide bonds. The van der Waals surface area contributed by atoms with E-state index in [2.05, 4.69) is 6.07 Å². The number of rotatable bonds is 7. The lowest BCUT2D eigenvalue weighted by atomic mass is 10.1. The first-order valence-electron chi connectivity index (χ1n) is 11.9. The van der Waals surface area contributed by atoms with E-state index < -0.39 is 21.0 Å². The highest BCUT2D eigenvalue weighted by molar-refractivity contribution is 8.11. The van der Waals surface area contributed by atoms with Gasteiger partial charge in [0.05, 0.1) is 53.4 Å². The Morgan fingerprint density at radius 1 is 1.13 bits per heavy atom. The van der Waals surface area contributed by atoms with E-state index in [0.29, 0.717) is 37.1 Å². The minimum Gasteiger partial charge on any atom is -0.497 e. The largest absolute Gasteiger partial charge is 0.497 e. The van der Waals surface area contributed by atoms with Crippen molar-refractivity contribution in [2.75, 3.05) is 33.4 Å². The Kier molecular flexibility index (Phi) is 7.37. The predicted octanol–water partition coefficient (Wildman–Crippen LogP) is 4.63. The molecule has 0 radical (unpaired) electrons. The maximum Gasteiger partial charge on any atom is 0.284 e. The van der Waals surface area contributed by atoms with Crippen LogP contribution in [0.2, 0.25) is 0 Å². The SMILES string of the molecule is COc1ccc(-c2ccc(C3C(C#N)=C(N4CCOCC4)SN3S(=O)(=O)c3ccc(C)cc3)o2)c([N+](=O)[O-])c1. The average molecular weight is 569 g/mol. The Morgan fingerprint density at radius 2 is 1.85 bits per heavy atom. The summed E-state index contributed by atoms with van der Waals surface area (Å²) in [7, 11) is -2.68. The monoisotopic (exact) mass is 568 g/mol. The van der Waals surface area contributed by atoms with E-state index in [9.17, 15) is 23.8 Å². The summed E-state index contributed by atoms with van der Waals surface area (Å²) in [4.78, 5) is 13.2. The molecule has 3 aromatic rings. The van der Waals surface area contributed by atoms with Crippen molar-refractivity contribution >= 4 is 27.7 Å². The topological polar surface area (TPSA) is 139 Å². The highest BCUT2D eigenvalue weighted by atomic mass is 32.3. The number of benzene rings is 2. The van der Waals surface area contributed by atoms with Gasteiger partial charge in [0.15, 0.2) is 0 Å². The molecule has 13 heteroatoms. The molecule has 2 aliphatic heterocycles. The molecule has 0 spiro atoms. The number of nitro groups is 1. The maximum absolute atomic E-state index is 13.9. The normalized spacial score (nSPS) is 18.3. The van der Waals surface area contributed by atoms with Crippen LogP contribution in [0.25, 0.3) is 11.3 Å². The van der Waals surface area contributed by atoms with Gasteiger partial charge in [0, 0.05) is 13.1 Å². The second kappa shape index (κ2) is 10.7. The third kappa shape index (κ3) is 4.99. The number of morpholine rings is 1. The number of nitro benzene ring substituents is 1. The molecule has 0 aliphatic carbocycles. The fourth-order valence-corrected chi connectivity index (χ4v) is 7.48. The molecule has 1 atom stereocenters. The van der Waals surface area contributed by atoms with Crippen LogP contribution in [0.15, 0.2) is 74.5 Å². The number of furan rings is 1. The zero-order valence-electron chi connectivity index (χ0n) is 21.1. The fourth-order valence-electron chi connectivity index (χ4n) is 4.40. The van der Waals surface area contributed by atoms with Crippen molar-refractivity contribution < 1.29 is 27.2 Å². The van der Waals surface area contributed by atoms with Gasteiger partial charge in [-0.25, -0.2) is 8.42 Å². The maximum atomic E-state index is 13.9. The standard InChI is InChI=1S/C26H24N4O7S2/c1-17-3-6-19(7-4-17)39(33,34)30-25(21(16-27)26(38-30)28-11-13-36-14-12-28)24-10-9-23(37-24)20-8-5-18(35-2)15-22(20)29(31)32/h3-10,15,25H,11-14H2,1-2H3. The third-order valence-corrected chi connectivity index (χ3v) is 9.84. The van der Waals surface area contributed by atoms with E-state index in [1.165, 1.54) is 41.2 Å². The molecular formula is C26H24N4O7S2. The lowest BCUT2D eigenvalue weighted by Crippen LogP contribution is -2.35. The van der Waals surface area contributed by atoms with Gasteiger partial charge in [0.1, 0.15) is 28.3 Å². The average Bonchev–Trinajstić information content (AvgIpc) is 3.58.